The molecule has 0 heterocycles. The summed E-state index contributed by atoms with van der Waals surface area (Å²) < 4.78 is 18.9. The molecule has 112 valence electrons. The topological polar surface area (TPSA) is 35.2 Å². The maximum absolute atomic E-state index is 13.0. The van der Waals surface area contributed by atoms with E-state index in [1.165, 1.54) is 12.1 Å². The van der Waals surface area contributed by atoms with Crippen LogP contribution in [0, 0.1) is 12.7 Å². The maximum Gasteiger partial charge on any atom is 0.124 e. The molecule has 0 spiro atoms. The normalized spacial score (nSPS) is 12.2. The molecule has 0 aromatic heterocycles. The van der Waals surface area contributed by atoms with Crippen molar-refractivity contribution in [2.24, 2.45) is 5.73 Å². The highest BCUT2D eigenvalue weighted by Crippen LogP contribution is 2.24. The van der Waals surface area contributed by atoms with Gasteiger partial charge in [0, 0.05) is 11.6 Å². The number of halogens is 2. The molecular formula is C17H19ClFNO. The van der Waals surface area contributed by atoms with E-state index in [-0.39, 0.29) is 11.9 Å². The summed E-state index contributed by atoms with van der Waals surface area (Å²) in [6.45, 7) is 4.29. The molecule has 0 aliphatic rings. The minimum atomic E-state index is -0.350. The molecule has 0 amide bonds. The Labute approximate surface area is 129 Å². The van der Waals surface area contributed by atoms with Gasteiger partial charge in [-0.3, -0.25) is 0 Å². The average molecular weight is 308 g/mol. The van der Waals surface area contributed by atoms with Gasteiger partial charge in [0.2, 0.25) is 0 Å². The minimum absolute atomic E-state index is 0.0589. The second-order valence-electron chi connectivity index (χ2n) is 5.32. The third-order valence-electron chi connectivity index (χ3n) is 3.16. The first-order valence-corrected chi connectivity index (χ1v) is 7.25. The molecule has 2 rings (SSSR count). The van der Waals surface area contributed by atoms with E-state index in [9.17, 15) is 4.39 Å². The summed E-state index contributed by atoms with van der Waals surface area (Å²) in [5, 5.41) is 0.371. The molecular weight excluding hydrogens is 289 g/mol. The number of ether oxygens (including phenoxy) is 1. The Morgan fingerprint density at radius 2 is 1.95 bits per heavy atom. The molecule has 0 fully saturated rings. The van der Waals surface area contributed by atoms with Crippen LogP contribution in [0.4, 0.5) is 4.39 Å². The molecule has 1 unspecified atom stereocenters. The van der Waals surface area contributed by atoms with E-state index < -0.39 is 0 Å². The average Bonchev–Trinajstić information content (AvgIpc) is 2.39. The van der Waals surface area contributed by atoms with Gasteiger partial charge in [0.05, 0.1) is 5.02 Å². The molecule has 2 N–H and O–H groups in total. The van der Waals surface area contributed by atoms with Crippen molar-refractivity contribution in [3.8, 4) is 5.75 Å². The quantitative estimate of drug-likeness (QED) is 0.896. The zero-order valence-electron chi connectivity index (χ0n) is 12.2. The van der Waals surface area contributed by atoms with Crippen LogP contribution in [0.1, 0.15) is 23.6 Å². The van der Waals surface area contributed by atoms with Gasteiger partial charge in [-0.15, -0.1) is 0 Å². The summed E-state index contributed by atoms with van der Waals surface area (Å²) in [5.41, 5.74) is 8.87. The minimum Gasteiger partial charge on any atom is -0.489 e. The third-order valence-corrected chi connectivity index (χ3v) is 3.51. The van der Waals surface area contributed by atoms with Crippen LogP contribution in [0.3, 0.4) is 0 Å². The number of benzene rings is 2. The molecule has 2 aromatic rings. The highest BCUT2D eigenvalue weighted by atomic mass is 35.5. The number of rotatable bonds is 5. The summed E-state index contributed by atoms with van der Waals surface area (Å²) in [5.74, 6) is 0.440. The first kappa shape index (κ1) is 15.8. The Morgan fingerprint density at radius 1 is 1.19 bits per heavy atom. The van der Waals surface area contributed by atoms with Gasteiger partial charge in [-0.1, -0.05) is 35.4 Å². The Kier molecular flexibility index (Phi) is 5.21. The fourth-order valence-electron chi connectivity index (χ4n) is 2.15. The second-order valence-corrected chi connectivity index (χ2v) is 5.72. The van der Waals surface area contributed by atoms with E-state index in [0.29, 0.717) is 11.6 Å². The second kappa shape index (κ2) is 6.92. The molecule has 2 nitrogen and oxygen atoms in total. The highest BCUT2D eigenvalue weighted by Gasteiger charge is 2.08. The van der Waals surface area contributed by atoms with Crippen molar-refractivity contribution in [2.75, 3.05) is 0 Å². The molecule has 0 aliphatic heterocycles. The van der Waals surface area contributed by atoms with E-state index in [1.54, 1.807) is 6.07 Å². The van der Waals surface area contributed by atoms with Gasteiger partial charge >= 0.3 is 0 Å². The molecule has 2 aromatic carbocycles. The fraction of sp³-hybridized carbons (Fsp3) is 0.294. The predicted molar refractivity (Wildman–Crippen MR) is 84.3 cm³/mol. The van der Waals surface area contributed by atoms with E-state index in [1.807, 2.05) is 26.0 Å². The number of aryl methyl sites for hydroxylation is 1. The Morgan fingerprint density at radius 3 is 2.62 bits per heavy atom. The van der Waals surface area contributed by atoms with Gasteiger partial charge in [-0.05, 0) is 44.0 Å². The smallest absolute Gasteiger partial charge is 0.124 e. The van der Waals surface area contributed by atoms with Crippen LogP contribution in [-0.4, -0.2) is 6.04 Å². The lowest BCUT2D eigenvalue weighted by atomic mass is 10.0. The first-order valence-electron chi connectivity index (χ1n) is 6.87. The van der Waals surface area contributed by atoms with Gasteiger partial charge in [-0.2, -0.15) is 0 Å². The van der Waals surface area contributed by atoms with Gasteiger partial charge in [0.15, 0.2) is 0 Å². The molecule has 0 saturated carbocycles. The van der Waals surface area contributed by atoms with Crippen LogP contribution in [0.15, 0.2) is 36.4 Å². The molecule has 0 aliphatic carbocycles. The SMILES string of the molecule is Cc1ccc(OCc2ccc(F)cc2Cl)c(CC(C)N)c1. The summed E-state index contributed by atoms with van der Waals surface area (Å²) in [6, 6.07) is 10.4. The highest BCUT2D eigenvalue weighted by molar-refractivity contribution is 6.31. The van der Waals surface area contributed by atoms with Crippen molar-refractivity contribution >= 4 is 11.6 Å². The van der Waals surface area contributed by atoms with Crippen molar-refractivity contribution in [3.05, 3.63) is 63.9 Å². The van der Waals surface area contributed by atoms with Crippen molar-refractivity contribution in [2.45, 2.75) is 32.9 Å². The lowest BCUT2D eigenvalue weighted by Crippen LogP contribution is -2.18. The van der Waals surface area contributed by atoms with Gasteiger partial charge < -0.3 is 10.5 Å². The van der Waals surface area contributed by atoms with Crippen LogP contribution in [-0.2, 0) is 13.0 Å². The van der Waals surface area contributed by atoms with Crippen LogP contribution < -0.4 is 10.5 Å². The summed E-state index contributed by atoms with van der Waals surface area (Å²) in [7, 11) is 0. The Hall–Kier alpha value is -1.58. The zero-order chi connectivity index (χ0) is 15.4. The van der Waals surface area contributed by atoms with Crippen LogP contribution in [0.25, 0.3) is 0 Å². The predicted octanol–water partition coefficient (Wildman–Crippen LogP) is 4.26. The van der Waals surface area contributed by atoms with Crippen molar-refractivity contribution in [1.82, 2.24) is 0 Å². The third kappa shape index (κ3) is 4.45. The lowest BCUT2D eigenvalue weighted by Gasteiger charge is -2.14. The fourth-order valence-corrected chi connectivity index (χ4v) is 2.37. The molecule has 0 bridgehead atoms. The standard InChI is InChI=1S/C17H19ClFNO/c1-11-3-6-17(14(7-11)8-12(2)20)21-10-13-4-5-15(19)9-16(13)18/h3-7,9,12H,8,10,20H2,1-2H3. The van der Waals surface area contributed by atoms with Crippen LogP contribution in [0.2, 0.25) is 5.02 Å². The van der Waals surface area contributed by atoms with E-state index in [4.69, 9.17) is 22.1 Å². The summed E-state index contributed by atoms with van der Waals surface area (Å²) in [4.78, 5) is 0. The van der Waals surface area contributed by atoms with Gasteiger partial charge in [-0.25, -0.2) is 4.39 Å². The first-order chi connectivity index (χ1) is 9.95. The van der Waals surface area contributed by atoms with E-state index >= 15 is 0 Å². The molecule has 4 heteroatoms. The molecule has 0 radical (unpaired) electrons. The molecule has 21 heavy (non-hydrogen) atoms. The Bertz CT molecular complexity index is 628. The summed E-state index contributed by atoms with van der Waals surface area (Å²) >= 11 is 6.01. The number of hydrogen-bond acceptors (Lipinski definition) is 2. The van der Waals surface area contributed by atoms with Gasteiger partial charge in [0.1, 0.15) is 18.2 Å². The zero-order valence-corrected chi connectivity index (χ0v) is 13.0. The van der Waals surface area contributed by atoms with Crippen molar-refractivity contribution in [1.29, 1.82) is 0 Å². The van der Waals surface area contributed by atoms with Gasteiger partial charge in [0.25, 0.3) is 0 Å². The Balaban J connectivity index is 2.15. The number of hydrogen-bond donors (Lipinski definition) is 1. The van der Waals surface area contributed by atoms with Crippen molar-refractivity contribution in [3.63, 3.8) is 0 Å². The van der Waals surface area contributed by atoms with E-state index in [2.05, 4.69) is 6.07 Å². The van der Waals surface area contributed by atoms with Crippen molar-refractivity contribution < 1.29 is 9.13 Å². The molecule has 1 atom stereocenters. The summed E-state index contributed by atoms with van der Waals surface area (Å²) in [6.07, 6.45) is 0.744. The number of nitrogens with two attached hydrogens (primary N) is 1. The molecule has 0 saturated heterocycles. The van der Waals surface area contributed by atoms with E-state index in [0.717, 1.165) is 28.9 Å². The largest absolute Gasteiger partial charge is 0.489 e. The van der Waals surface area contributed by atoms with Crippen LogP contribution in [0.5, 0.6) is 5.75 Å². The van der Waals surface area contributed by atoms with Crippen LogP contribution >= 0.6 is 11.6 Å². The monoisotopic (exact) mass is 307 g/mol. The maximum atomic E-state index is 13.0. The lowest BCUT2D eigenvalue weighted by molar-refractivity contribution is 0.302.